The molecule has 1 amide bonds. The molecule has 4 heteroatoms. The van der Waals surface area contributed by atoms with Gasteiger partial charge in [-0.25, -0.2) is 0 Å². The van der Waals surface area contributed by atoms with Gasteiger partial charge in [-0.15, -0.1) is 0 Å². The molecule has 3 unspecified atom stereocenters. The van der Waals surface area contributed by atoms with Crippen molar-refractivity contribution in [1.82, 2.24) is 5.32 Å². The van der Waals surface area contributed by atoms with E-state index in [1.54, 1.807) is 0 Å². The van der Waals surface area contributed by atoms with Gasteiger partial charge in [0.25, 0.3) is 0 Å². The molecular weight excluding hydrogens is 208 g/mol. The molecule has 1 aliphatic heterocycles. The number of nitrogens with two attached hydrogens (primary N) is 1. The molecule has 2 aliphatic rings. The second-order valence-corrected chi connectivity index (χ2v) is 5.77. The lowest BCUT2D eigenvalue weighted by atomic mass is 9.84. The van der Waals surface area contributed by atoms with E-state index in [2.05, 4.69) is 5.32 Å². The van der Waals surface area contributed by atoms with E-state index in [1.807, 2.05) is 11.8 Å². The quantitative estimate of drug-likeness (QED) is 0.745. The van der Waals surface area contributed by atoms with E-state index in [1.165, 1.54) is 12.2 Å². The Kier molecular flexibility index (Phi) is 3.92. The number of carbonyl (C=O) groups excluding carboxylic acids is 1. The van der Waals surface area contributed by atoms with Crippen LogP contribution in [0.5, 0.6) is 0 Å². The van der Waals surface area contributed by atoms with E-state index in [0.29, 0.717) is 6.04 Å². The van der Waals surface area contributed by atoms with Gasteiger partial charge in [0.2, 0.25) is 5.91 Å². The first kappa shape index (κ1) is 11.3. The maximum absolute atomic E-state index is 12.0. The number of carbonyl (C=O) groups is 1. The number of rotatable bonds is 2. The molecule has 0 aromatic rings. The van der Waals surface area contributed by atoms with Crippen LogP contribution in [0, 0.1) is 5.92 Å². The van der Waals surface area contributed by atoms with E-state index < -0.39 is 0 Å². The maximum Gasteiger partial charge on any atom is 0.224 e. The lowest BCUT2D eigenvalue weighted by Crippen LogP contribution is -2.46. The van der Waals surface area contributed by atoms with E-state index in [4.69, 9.17) is 5.73 Å². The fraction of sp³-hybridized carbons (Fsp3) is 0.909. The molecule has 0 radical (unpaired) electrons. The third-order valence-electron chi connectivity index (χ3n) is 3.43. The second-order valence-electron chi connectivity index (χ2n) is 4.62. The van der Waals surface area contributed by atoms with Gasteiger partial charge in [-0.1, -0.05) is 12.8 Å². The Labute approximate surface area is 95.6 Å². The number of hydrogen-bond acceptors (Lipinski definition) is 3. The third-order valence-corrected chi connectivity index (χ3v) is 4.59. The van der Waals surface area contributed by atoms with E-state index >= 15 is 0 Å². The first-order chi connectivity index (χ1) is 7.27. The van der Waals surface area contributed by atoms with Gasteiger partial charge in [0.1, 0.15) is 0 Å². The average Bonchev–Trinajstić information content (AvgIpc) is 2.71. The molecule has 3 N–H and O–H groups in total. The minimum atomic E-state index is 0.0735. The zero-order valence-corrected chi connectivity index (χ0v) is 9.89. The molecule has 1 saturated heterocycles. The van der Waals surface area contributed by atoms with Gasteiger partial charge in [-0.3, -0.25) is 4.79 Å². The summed E-state index contributed by atoms with van der Waals surface area (Å²) in [7, 11) is 0. The SMILES string of the molecule is NC1CCCCC1C(=O)NC1CCSC1. The van der Waals surface area contributed by atoms with Crippen LogP contribution in [0.15, 0.2) is 0 Å². The molecular formula is C11H20N2OS. The van der Waals surface area contributed by atoms with Gasteiger partial charge in [0.05, 0.1) is 5.92 Å². The van der Waals surface area contributed by atoms with Crippen molar-refractivity contribution < 1.29 is 4.79 Å². The van der Waals surface area contributed by atoms with Gasteiger partial charge < -0.3 is 11.1 Å². The van der Waals surface area contributed by atoms with Crippen LogP contribution in [-0.2, 0) is 4.79 Å². The lowest BCUT2D eigenvalue weighted by Gasteiger charge is -2.28. The highest BCUT2D eigenvalue weighted by atomic mass is 32.2. The van der Waals surface area contributed by atoms with Crippen molar-refractivity contribution in [3.8, 4) is 0 Å². The van der Waals surface area contributed by atoms with Crippen LogP contribution in [0.1, 0.15) is 32.1 Å². The highest BCUT2D eigenvalue weighted by Gasteiger charge is 2.30. The van der Waals surface area contributed by atoms with Crippen molar-refractivity contribution in [2.45, 2.75) is 44.2 Å². The van der Waals surface area contributed by atoms with Crippen LogP contribution in [0.2, 0.25) is 0 Å². The summed E-state index contributed by atoms with van der Waals surface area (Å²) in [6, 6.07) is 0.490. The molecule has 3 nitrogen and oxygen atoms in total. The molecule has 0 spiro atoms. The summed E-state index contributed by atoms with van der Waals surface area (Å²) in [6.45, 7) is 0. The summed E-state index contributed by atoms with van der Waals surface area (Å²) < 4.78 is 0. The summed E-state index contributed by atoms with van der Waals surface area (Å²) in [6.07, 6.45) is 5.46. The van der Waals surface area contributed by atoms with E-state index in [-0.39, 0.29) is 17.9 Å². The smallest absolute Gasteiger partial charge is 0.224 e. The Bertz CT molecular complexity index is 229. The molecule has 1 aliphatic carbocycles. The van der Waals surface area contributed by atoms with Gasteiger partial charge in [0.15, 0.2) is 0 Å². The molecule has 15 heavy (non-hydrogen) atoms. The van der Waals surface area contributed by atoms with Crippen molar-refractivity contribution in [1.29, 1.82) is 0 Å². The second kappa shape index (κ2) is 5.21. The number of nitrogens with one attached hydrogen (secondary N) is 1. The summed E-state index contributed by atoms with van der Waals surface area (Å²) in [4.78, 5) is 12.0. The molecule has 2 rings (SSSR count). The molecule has 1 saturated carbocycles. The minimum absolute atomic E-state index is 0.0735. The molecule has 0 aromatic heterocycles. The largest absolute Gasteiger partial charge is 0.352 e. The number of thioether (sulfide) groups is 1. The predicted octanol–water partition coefficient (Wildman–Crippen LogP) is 1.13. The van der Waals surface area contributed by atoms with Crippen LogP contribution in [0.3, 0.4) is 0 Å². The van der Waals surface area contributed by atoms with Crippen LogP contribution in [0.4, 0.5) is 0 Å². The van der Waals surface area contributed by atoms with Crippen LogP contribution < -0.4 is 11.1 Å². The predicted molar refractivity (Wildman–Crippen MR) is 63.8 cm³/mol. The molecule has 1 heterocycles. The van der Waals surface area contributed by atoms with Crippen molar-refractivity contribution in [2.24, 2.45) is 11.7 Å². The van der Waals surface area contributed by atoms with Gasteiger partial charge in [0, 0.05) is 17.8 Å². The van der Waals surface area contributed by atoms with Crippen LogP contribution >= 0.6 is 11.8 Å². The Balaban J connectivity index is 1.83. The lowest BCUT2D eigenvalue weighted by molar-refractivity contribution is -0.127. The topological polar surface area (TPSA) is 55.1 Å². The molecule has 3 atom stereocenters. The van der Waals surface area contributed by atoms with Crippen LogP contribution in [0.25, 0.3) is 0 Å². The first-order valence-electron chi connectivity index (χ1n) is 5.91. The van der Waals surface area contributed by atoms with Gasteiger partial charge in [-0.2, -0.15) is 11.8 Å². The Morgan fingerprint density at radius 2 is 2.07 bits per heavy atom. The Morgan fingerprint density at radius 3 is 2.73 bits per heavy atom. The van der Waals surface area contributed by atoms with Crippen molar-refractivity contribution >= 4 is 17.7 Å². The third kappa shape index (κ3) is 2.88. The first-order valence-corrected chi connectivity index (χ1v) is 7.06. The summed E-state index contributed by atoms with van der Waals surface area (Å²) >= 11 is 1.93. The minimum Gasteiger partial charge on any atom is -0.352 e. The summed E-state index contributed by atoms with van der Waals surface area (Å²) in [5, 5.41) is 3.14. The van der Waals surface area contributed by atoms with Crippen molar-refractivity contribution in [2.75, 3.05) is 11.5 Å². The highest BCUT2D eigenvalue weighted by molar-refractivity contribution is 7.99. The molecule has 2 fully saturated rings. The fourth-order valence-electron chi connectivity index (χ4n) is 2.44. The number of amides is 1. The maximum atomic E-state index is 12.0. The Hall–Kier alpha value is -0.220. The van der Waals surface area contributed by atoms with E-state index in [9.17, 15) is 4.79 Å². The summed E-state index contributed by atoms with van der Waals surface area (Å²) in [5.74, 6) is 2.54. The fourth-order valence-corrected chi connectivity index (χ4v) is 3.59. The Morgan fingerprint density at radius 1 is 1.27 bits per heavy atom. The highest BCUT2D eigenvalue weighted by Crippen LogP contribution is 2.24. The van der Waals surface area contributed by atoms with Gasteiger partial charge in [-0.05, 0) is 25.0 Å². The number of hydrogen-bond donors (Lipinski definition) is 2. The zero-order chi connectivity index (χ0) is 10.7. The molecule has 0 bridgehead atoms. The molecule has 86 valence electrons. The summed E-state index contributed by atoms with van der Waals surface area (Å²) in [5.41, 5.74) is 5.99. The monoisotopic (exact) mass is 228 g/mol. The normalized spacial score (nSPS) is 36.5. The van der Waals surface area contributed by atoms with Gasteiger partial charge >= 0.3 is 0 Å². The van der Waals surface area contributed by atoms with Crippen molar-refractivity contribution in [3.63, 3.8) is 0 Å². The average molecular weight is 228 g/mol. The standard InChI is InChI=1S/C11H20N2OS/c12-10-4-2-1-3-9(10)11(14)13-8-5-6-15-7-8/h8-10H,1-7,12H2,(H,13,14). The van der Waals surface area contributed by atoms with Crippen molar-refractivity contribution in [3.05, 3.63) is 0 Å². The van der Waals surface area contributed by atoms with Crippen LogP contribution in [-0.4, -0.2) is 29.5 Å². The van der Waals surface area contributed by atoms with E-state index in [0.717, 1.165) is 31.4 Å². The molecule has 0 aromatic carbocycles. The zero-order valence-electron chi connectivity index (χ0n) is 9.08.